The lowest BCUT2D eigenvalue weighted by atomic mass is 10.2. The lowest BCUT2D eigenvalue weighted by Crippen LogP contribution is -2.23. The lowest BCUT2D eigenvalue weighted by molar-refractivity contribution is 0.634. The van der Waals surface area contributed by atoms with Crippen molar-refractivity contribution in [1.82, 2.24) is 10.3 Å². The van der Waals surface area contributed by atoms with Gasteiger partial charge in [-0.3, -0.25) is 0 Å². The van der Waals surface area contributed by atoms with Crippen molar-refractivity contribution < 1.29 is 0 Å². The number of pyridine rings is 1. The first-order chi connectivity index (χ1) is 7.63. The van der Waals surface area contributed by atoms with Crippen molar-refractivity contribution >= 4 is 5.82 Å². The Morgan fingerprint density at radius 1 is 1.38 bits per heavy atom. The van der Waals surface area contributed by atoms with Crippen molar-refractivity contribution in [1.29, 1.82) is 0 Å². The monoisotopic (exact) mass is 221 g/mol. The normalized spacial score (nSPS) is 10.8. The van der Waals surface area contributed by atoms with E-state index in [9.17, 15) is 0 Å². The fraction of sp³-hybridized carbons (Fsp3) is 0.615. The van der Waals surface area contributed by atoms with Crippen molar-refractivity contribution in [3.63, 3.8) is 0 Å². The zero-order chi connectivity index (χ0) is 12.0. The van der Waals surface area contributed by atoms with Crippen LogP contribution in [0.25, 0.3) is 0 Å². The first-order valence-corrected chi connectivity index (χ1v) is 6.00. The Morgan fingerprint density at radius 3 is 2.62 bits per heavy atom. The topological polar surface area (TPSA) is 28.2 Å². The number of hydrogen-bond acceptors (Lipinski definition) is 3. The molecule has 0 unspecified atom stereocenters. The summed E-state index contributed by atoms with van der Waals surface area (Å²) in [5.74, 6) is 1.71. The van der Waals surface area contributed by atoms with Crippen LogP contribution in [-0.2, 0) is 6.54 Å². The molecule has 0 aliphatic carbocycles. The van der Waals surface area contributed by atoms with E-state index < -0.39 is 0 Å². The molecule has 0 radical (unpaired) electrons. The Kier molecular flexibility index (Phi) is 5.26. The molecule has 16 heavy (non-hydrogen) atoms. The molecule has 1 rings (SSSR count). The van der Waals surface area contributed by atoms with Crippen LogP contribution in [0, 0.1) is 5.92 Å². The van der Waals surface area contributed by atoms with Gasteiger partial charge in [0.1, 0.15) is 5.82 Å². The summed E-state index contributed by atoms with van der Waals surface area (Å²) in [6.45, 7) is 9.48. The van der Waals surface area contributed by atoms with Crippen molar-refractivity contribution in [2.45, 2.75) is 27.3 Å². The van der Waals surface area contributed by atoms with Crippen LogP contribution in [0.3, 0.4) is 0 Å². The summed E-state index contributed by atoms with van der Waals surface area (Å²) in [7, 11) is 2.09. The van der Waals surface area contributed by atoms with E-state index in [1.807, 2.05) is 6.20 Å². The fourth-order valence-electron chi connectivity index (χ4n) is 1.66. The average Bonchev–Trinajstić information content (AvgIpc) is 2.26. The third-order valence-corrected chi connectivity index (χ3v) is 2.42. The predicted octanol–water partition coefficient (Wildman–Crippen LogP) is 2.28. The van der Waals surface area contributed by atoms with Crippen molar-refractivity contribution in [2.24, 2.45) is 5.92 Å². The second-order valence-electron chi connectivity index (χ2n) is 4.58. The molecular weight excluding hydrogens is 198 g/mol. The molecule has 0 aromatic carbocycles. The van der Waals surface area contributed by atoms with E-state index in [2.05, 4.69) is 55.2 Å². The smallest absolute Gasteiger partial charge is 0.128 e. The molecule has 0 spiro atoms. The van der Waals surface area contributed by atoms with Gasteiger partial charge in [-0.15, -0.1) is 0 Å². The van der Waals surface area contributed by atoms with E-state index >= 15 is 0 Å². The molecule has 1 aromatic heterocycles. The lowest BCUT2D eigenvalue weighted by Gasteiger charge is -2.20. The second kappa shape index (κ2) is 6.48. The van der Waals surface area contributed by atoms with Gasteiger partial charge in [-0.2, -0.15) is 0 Å². The minimum Gasteiger partial charge on any atom is -0.359 e. The SMILES string of the molecule is CCNCc1ccc(N(C)CC(C)C)nc1. The van der Waals surface area contributed by atoms with Gasteiger partial charge in [0, 0.05) is 26.3 Å². The van der Waals surface area contributed by atoms with E-state index in [-0.39, 0.29) is 0 Å². The van der Waals surface area contributed by atoms with Crippen LogP contribution in [0.1, 0.15) is 26.3 Å². The molecule has 3 nitrogen and oxygen atoms in total. The molecule has 1 heterocycles. The molecule has 0 fully saturated rings. The van der Waals surface area contributed by atoms with Gasteiger partial charge in [0.2, 0.25) is 0 Å². The highest BCUT2D eigenvalue weighted by Gasteiger charge is 2.04. The summed E-state index contributed by atoms with van der Waals surface area (Å²) in [6, 6.07) is 4.23. The zero-order valence-corrected chi connectivity index (χ0v) is 10.8. The van der Waals surface area contributed by atoms with Crippen molar-refractivity contribution in [3.05, 3.63) is 23.9 Å². The third kappa shape index (κ3) is 4.19. The maximum absolute atomic E-state index is 4.47. The van der Waals surface area contributed by atoms with Crippen LogP contribution in [0.2, 0.25) is 0 Å². The summed E-state index contributed by atoms with van der Waals surface area (Å²) < 4.78 is 0. The van der Waals surface area contributed by atoms with Crippen molar-refractivity contribution in [2.75, 3.05) is 25.0 Å². The summed E-state index contributed by atoms with van der Waals surface area (Å²) >= 11 is 0. The molecule has 0 aliphatic heterocycles. The number of nitrogens with one attached hydrogen (secondary N) is 1. The van der Waals surface area contributed by atoms with Crippen LogP contribution in [-0.4, -0.2) is 25.1 Å². The first-order valence-electron chi connectivity index (χ1n) is 6.00. The van der Waals surface area contributed by atoms with Crippen LogP contribution >= 0.6 is 0 Å². The standard InChI is InChI=1S/C13H23N3/c1-5-14-8-12-6-7-13(15-9-12)16(4)10-11(2)3/h6-7,9,11,14H,5,8,10H2,1-4H3. The Hall–Kier alpha value is -1.09. The van der Waals surface area contributed by atoms with Crippen molar-refractivity contribution in [3.8, 4) is 0 Å². The average molecular weight is 221 g/mol. The Balaban J connectivity index is 2.56. The van der Waals surface area contributed by atoms with Crippen LogP contribution in [0.5, 0.6) is 0 Å². The van der Waals surface area contributed by atoms with Gasteiger partial charge < -0.3 is 10.2 Å². The molecule has 1 aromatic rings. The van der Waals surface area contributed by atoms with E-state index in [1.54, 1.807) is 0 Å². The molecule has 3 heteroatoms. The molecule has 0 atom stereocenters. The number of nitrogens with zero attached hydrogens (tertiary/aromatic N) is 2. The number of hydrogen-bond donors (Lipinski definition) is 1. The van der Waals surface area contributed by atoms with E-state index in [0.717, 1.165) is 25.5 Å². The number of rotatable bonds is 6. The third-order valence-electron chi connectivity index (χ3n) is 2.42. The van der Waals surface area contributed by atoms with Gasteiger partial charge in [-0.05, 0) is 24.1 Å². The Morgan fingerprint density at radius 2 is 2.12 bits per heavy atom. The number of aromatic nitrogens is 1. The van der Waals surface area contributed by atoms with Gasteiger partial charge in [0.05, 0.1) is 0 Å². The summed E-state index contributed by atoms with van der Waals surface area (Å²) in [6.07, 6.45) is 1.95. The quantitative estimate of drug-likeness (QED) is 0.799. The maximum atomic E-state index is 4.47. The van der Waals surface area contributed by atoms with Gasteiger partial charge >= 0.3 is 0 Å². The highest BCUT2D eigenvalue weighted by atomic mass is 15.2. The highest BCUT2D eigenvalue weighted by molar-refractivity contribution is 5.38. The minimum absolute atomic E-state index is 0.660. The molecular formula is C13H23N3. The number of anilines is 1. The zero-order valence-electron chi connectivity index (χ0n) is 10.8. The van der Waals surface area contributed by atoms with Gasteiger partial charge in [0.25, 0.3) is 0 Å². The molecule has 0 saturated carbocycles. The minimum atomic E-state index is 0.660. The largest absolute Gasteiger partial charge is 0.359 e. The first kappa shape index (κ1) is 13.0. The fourth-order valence-corrected chi connectivity index (χ4v) is 1.66. The van der Waals surface area contributed by atoms with Gasteiger partial charge in [0.15, 0.2) is 0 Å². The summed E-state index contributed by atoms with van der Waals surface area (Å²) in [5.41, 5.74) is 1.24. The van der Waals surface area contributed by atoms with E-state index in [0.29, 0.717) is 5.92 Å². The summed E-state index contributed by atoms with van der Waals surface area (Å²) in [5, 5.41) is 3.29. The molecule has 90 valence electrons. The Labute approximate surface area is 98.9 Å². The highest BCUT2D eigenvalue weighted by Crippen LogP contribution is 2.11. The van der Waals surface area contributed by atoms with E-state index in [4.69, 9.17) is 0 Å². The molecule has 1 N–H and O–H groups in total. The summed E-state index contributed by atoms with van der Waals surface area (Å²) in [4.78, 5) is 6.67. The van der Waals surface area contributed by atoms with E-state index in [1.165, 1.54) is 5.56 Å². The van der Waals surface area contributed by atoms with Gasteiger partial charge in [-0.1, -0.05) is 26.8 Å². The van der Waals surface area contributed by atoms with Crippen LogP contribution < -0.4 is 10.2 Å². The second-order valence-corrected chi connectivity index (χ2v) is 4.58. The molecule has 0 aliphatic rings. The Bertz CT molecular complexity index is 293. The maximum Gasteiger partial charge on any atom is 0.128 e. The molecule has 0 amide bonds. The van der Waals surface area contributed by atoms with Gasteiger partial charge in [-0.25, -0.2) is 4.98 Å². The van der Waals surface area contributed by atoms with Crippen LogP contribution in [0.15, 0.2) is 18.3 Å². The molecule has 0 saturated heterocycles. The predicted molar refractivity (Wildman–Crippen MR) is 69.7 cm³/mol. The molecule has 0 bridgehead atoms. The van der Waals surface area contributed by atoms with Crippen LogP contribution in [0.4, 0.5) is 5.82 Å².